The van der Waals surface area contributed by atoms with E-state index < -0.39 is 11.1 Å². The smallest absolute Gasteiger partial charge is 0.294 e. The van der Waals surface area contributed by atoms with E-state index in [1.165, 1.54) is 0 Å². The van der Waals surface area contributed by atoms with Gasteiger partial charge in [0.25, 0.3) is 11.1 Å². The Morgan fingerprint density at radius 2 is 1.97 bits per heavy atom. The largest absolute Gasteiger partial charge is 0.490 e. The van der Waals surface area contributed by atoms with Crippen LogP contribution in [0.15, 0.2) is 21.5 Å². The average Bonchev–Trinajstić information content (AvgIpc) is 3.34. The number of ether oxygens (including phenoxy) is 2. The van der Waals surface area contributed by atoms with Crippen LogP contribution in [0, 0.1) is 12.3 Å². The number of likely N-dealkylation sites (tertiary alicyclic amines) is 1. The predicted molar refractivity (Wildman–Crippen MR) is 118 cm³/mol. The van der Waals surface area contributed by atoms with Crippen molar-refractivity contribution in [2.45, 2.75) is 19.8 Å². The number of carbonyl (C=O) groups is 3. The van der Waals surface area contributed by atoms with E-state index in [9.17, 15) is 14.4 Å². The Kier molecular flexibility index (Phi) is 7.45. The van der Waals surface area contributed by atoms with E-state index in [4.69, 9.17) is 15.9 Å². The number of thioether (sulfide) groups is 1. The molecule has 9 heteroatoms. The summed E-state index contributed by atoms with van der Waals surface area (Å²) in [6.07, 6.45) is 8.75. The summed E-state index contributed by atoms with van der Waals surface area (Å²) in [5.74, 6) is 2.68. The average molecular weight is 493 g/mol. The molecule has 0 aliphatic carbocycles. The van der Waals surface area contributed by atoms with Crippen molar-refractivity contribution in [2.24, 2.45) is 0 Å². The second-order valence-electron chi connectivity index (χ2n) is 6.60. The van der Waals surface area contributed by atoms with E-state index in [1.54, 1.807) is 23.1 Å². The number of hydrogen-bond acceptors (Lipinski definition) is 6. The number of imide groups is 1. The minimum absolute atomic E-state index is 0.0931. The highest BCUT2D eigenvalue weighted by molar-refractivity contribution is 9.10. The first-order valence-corrected chi connectivity index (χ1v) is 11.1. The van der Waals surface area contributed by atoms with Crippen molar-refractivity contribution in [3.63, 3.8) is 0 Å². The van der Waals surface area contributed by atoms with Crippen LogP contribution in [0.3, 0.4) is 0 Å². The van der Waals surface area contributed by atoms with Gasteiger partial charge in [-0.05, 0) is 55.3 Å². The third-order valence-corrected chi connectivity index (χ3v) is 6.18. The van der Waals surface area contributed by atoms with Gasteiger partial charge in [0.05, 0.1) is 11.5 Å². The molecule has 7 nitrogen and oxygen atoms in total. The maximum Gasteiger partial charge on any atom is 0.294 e. The Balaban J connectivity index is 1.81. The Bertz CT molecular complexity index is 934. The molecule has 0 saturated carbocycles. The van der Waals surface area contributed by atoms with Crippen LogP contribution in [-0.4, -0.2) is 59.7 Å². The summed E-state index contributed by atoms with van der Waals surface area (Å²) in [5, 5.41) is -0.450. The summed E-state index contributed by atoms with van der Waals surface area (Å²) >= 11 is 4.27. The number of terminal acetylenes is 1. The summed E-state index contributed by atoms with van der Waals surface area (Å²) in [6, 6.07) is 3.41. The molecular weight excluding hydrogens is 472 g/mol. The molecule has 2 heterocycles. The van der Waals surface area contributed by atoms with Gasteiger partial charge in [-0.15, -0.1) is 6.42 Å². The number of benzene rings is 1. The molecular formula is C21H21BrN2O5S. The first-order chi connectivity index (χ1) is 14.4. The fourth-order valence-corrected chi connectivity index (χ4v) is 4.41. The zero-order valence-electron chi connectivity index (χ0n) is 16.5. The maximum atomic E-state index is 12.8. The number of amides is 3. The number of hydrogen-bond donors (Lipinski definition) is 0. The third kappa shape index (κ3) is 4.99. The van der Waals surface area contributed by atoms with Crippen molar-refractivity contribution in [3.8, 4) is 23.8 Å². The van der Waals surface area contributed by atoms with E-state index >= 15 is 0 Å². The fraction of sp³-hybridized carbons (Fsp3) is 0.381. The number of halogens is 1. The van der Waals surface area contributed by atoms with E-state index in [0.717, 1.165) is 29.5 Å². The third-order valence-electron chi connectivity index (χ3n) is 4.59. The standard InChI is InChI=1S/C21H21BrN2O5S/c1-3-9-29-17-12-15(22)14(10-16(17)28-4-2)11-18-20(26)24(21(27)30-18)13-19(25)23-7-5-6-8-23/h1,10-12H,4-9,13H2,2H3/b18-11+. The summed E-state index contributed by atoms with van der Waals surface area (Å²) in [4.78, 5) is 40.4. The molecule has 0 N–H and O–H groups in total. The van der Waals surface area contributed by atoms with E-state index in [-0.39, 0.29) is 24.0 Å². The predicted octanol–water partition coefficient (Wildman–Crippen LogP) is 3.52. The molecule has 0 aromatic heterocycles. The normalized spacial score (nSPS) is 17.6. The first kappa shape index (κ1) is 22.2. The Hall–Kier alpha value is -2.44. The molecule has 2 fully saturated rings. The quantitative estimate of drug-likeness (QED) is 0.428. The van der Waals surface area contributed by atoms with Gasteiger partial charge in [0.2, 0.25) is 5.91 Å². The van der Waals surface area contributed by atoms with Crippen LogP contribution in [0.1, 0.15) is 25.3 Å². The Labute approximate surface area is 187 Å². The summed E-state index contributed by atoms with van der Waals surface area (Å²) in [6.45, 7) is 3.47. The van der Waals surface area contributed by atoms with E-state index in [0.29, 0.717) is 41.2 Å². The SMILES string of the molecule is C#CCOc1cc(Br)c(/C=C2/SC(=O)N(CC(=O)N3CCCC3)C2=O)cc1OCC. The molecule has 30 heavy (non-hydrogen) atoms. The highest BCUT2D eigenvalue weighted by Gasteiger charge is 2.37. The van der Waals surface area contributed by atoms with Crippen LogP contribution in [0.2, 0.25) is 0 Å². The Morgan fingerprint density at radius 1 is 1.27 bits per heavy atom. The number of rotatable bonds is 7. The highest BCUT2D eigenvalue weighted by atomic mass is 79.9. The van der Waals surface area contributed by atoms with Gasteiger partial charge in [-0.3, -0.25) is 19.3 Å². The molecule has 2 aliphatic rings. The van der Waals surface area contributed by atoms with Crippen LogP contribution in [0.25, 0.3) is 6.08 Å². The lowest BCUT2D eigenvalue weighted by atomic mass is 10.2. The second kappa shape index (κ2) is 10.0. The van der Waals surface area contributed by atoms with Crippen molar-refractivity contribution in [1.82, 2.24) is 9.80 Å². The lowest BCUT2D eigenvalue weighted by Gasteiger charge is -2.18. The monoisotopic (exact) mass is 492 g/mol. The molecule has 0 bridgehead atoms. The van der Waals surface area contributed by atoms with Crippen LogP contribution in [0.5, 0.6) is 11.5 Å². The molecule has 3 amide bonds. The molecule has 2 saturated heterocycles. The van der Waals surface area contributed by atoms with Crippen molar-refractivity contribution >= 4 is 50.8 Å². The topological polar surface area (TPSA) is 76.2 Å². The van der Waals surface area contributed by atoms with Gasteiger partial charge in [0.15, 0.2) is 11.5 Å². The molecule has 0 atom stereocenters. The first-order valence-electron chi connectivity index (χ1n) is 9.50. The van der Waals surface area contributed by atoms with E-state index in [2.05, 4.69) is 21.9 Å². The fourth-order valence-electron chi connectivity index (χ4n) is 3.14. The summed E-state index contributed by atoms with van der Waals surface area (Å²) in [5.41, 5.74) is 0.642. The van der Waals surface area contributed by atoms with Gasteiger partial charge in [-0.25, -0.2) is 0 Å². The van der Waals surface area contributed by atoms with Crippen molar-refractivity contribution in [2.75, 3.05) is 32.8 Å². The van der Waals surface area contributed by atoms with Crippen LogP contribution in [0.4, 0.5) is 4.79 Å². The van der Waals surface area contributed by atoms with Crippen molar-refractivity contribution in [3.05, 3.63) is 27.1 Å². The zero-order chi connectivity index (χ0) is 21.7. The lowest BCUT2D eigenvalue weighted by molar-refractivity contribution is -0.135. The lowest BCUT2D eigenvalue weighted by Crippen LogP contribution is -2.40. The van der Waals surface area contributed by atoms with E-state index in [1.807, 2.05) is 6.92 Å². The Morgan fingerprint density at radius 3 is 2.63 bits per heavy atom. The number of nitrogens with zero attached hydrogens (tertiary/aromatic N) is 2. The van der Waals surface area contributed by atoms with Gasteiger partial charge in [0, 0.05) is 17.6 Å². The summed E-state index contributed by atoms with van der Waals surface area (Å²) in [7, 11) is 0. The zero-order valence-corrected chi connectivity index (χ0v) is 18.9. The molecule has 1 aromatic rings. The van der Waals surface area contributed by atoms with Crippen LogP contribution >= 0.6 is 27.7 Å². The minimum atomic E-state index is -0.477. The van der Waals surface area contributed by atoms with Crippen molar-refractivity contribution in [1.29, 1.82) is 0 Å². The van der Waals surface area contributed by atoms with Gasteiger partial charge in [0.1, 0.15) is 13.2 Å². The molecule has 158 valence electrons. The van der Waals surface area contributed by atoms with Gasteiger partial charge in [-0.1, -0.05) is 21.9 Å². The molecule has 0 radical (unpaired) electrons. The van der Waals surface area contributed by atoms with Crippen molar-refractivity contribution < 1.29 is 23.9 Å². The molecule has 0 unspecified atom stereocenters. The van der Waals surface area contributed by atoms with Gasteiger partial charge >= 0.3 is 0 Å². The van der Waals surface area contributed by atoms with Crippen LogP contribution in [-0.2, 0) is 9.59 Å². The minimum Gasteiger partial charge on any atom is -0.490 e. The maximum absolute atomic E-state index is 12.8. The molecule has 0 spiro atoms. The number of carbonyl (C=O) groups excluding carboxylic acids is 3. The van der Waals surface area contributed by atoms with Gasteiger partial charge < -0.3 is 14.4 Å². The van der Waals surface area contributed by atoms with Crippen LogP contribution < -0.4 is 9.47 Å². The molecule has 2 aliphatic heterocycles. The second-order valence-corrected chi connectivity index (χ2v) is 8.45. The molecule has 1 aromatic carbocycles. The summed E-state index contributed by atoms with van der Waals surface area (Å²) < 4.78 is 11.8. The van der Waals surface area contributed by atoms with Gasteiger partial charge in [-0.2, -0.15) is 0 Å². The highest BCUT2D eigenvalue weighted by Crippen LogP contribution is 2.38. The molecule has 3 rings (SSSR count).